The van der Waals surface area contributed by atoms with E-state index in [0.717, 1.165) is 0 Å². The lowest BCUT2D eigenvalue weighted by Gasteiger charge is -2.06. The summed E-state index contributed by atoms with van der Waals surface area (Å²) in [5.74, 6) is -0.887. The highest BCUT2D eigenvalue weighted by atomic mass is 16.4. The van der Waals surface area contributed by atoms with E-state index in [2.05, 4.69) is 15.3 Å². The highest BCUT2D eigenvalue weighted by Crippen LogP contribution is 2.04. The third-order valence-corrected chi connectivity index (χ3v) is 2.49. The van der Waals surface area contributed by atoms with E-state index in [0.29, 0.717) is 11.5 Å². The first-order valence-corrected chi connectivity index (χ1v) is 5.39. The first kappa shape index (κ1) is 13.8. The molecule has 0 saturated carbocycles. The summed E-state index contributed by atoms with van der Waals surface area (Å²) in [5.41, 5.74) is 0.899. The van der Waals surface area contributed by atoms with Crippen molar-refractivity contribution in [3.8, 4) is 0 Å². The van der Waals surface area contributed by atoms with Gasteiger partial charge in [0.05, 0.1) is 12.2 Å². The van der Waals surface area contributed by atoms with Gasteiger partial charge in [0.2, 0.25) is 5.91 Å². The fraction of sp³-hybridized carbons (Fsp3) is 0.333. The molecule has 0 spiro atoms. The number of aryl methyl sites for hydroxylation is 1. The van der Waals surface area contributed by atoms with Crippen LogP contribution >= 0.6 is 0 Å². The average Bonchev–Trinajstić information content (AvgIpc) is 2.34. The molecule has 0 aromatic carbocycles. The summed E-state index contributed by atoms with van der Waals surface area (Å²) in [4.78, 5) is 30.4. The number of rotatable bonds is 4. The van der Waals surface area contributed by atoms with Crippen molar-refractivity contribution >= 4 is 11.9 Å². The number of carbonyl (C=O) groups is 2. The SMILES string of the molecule is CC(C(=O)O)=C(C)C(=O)NCc1ccnc(C)n1. The van der Waals surface area contributed by atoms with Crippen LogP contribution in [0.4, 0.5) is 0 Å². The van der Waals surface area contributed by atoms with Gasteiger partial charge in [-0.15, -0.1) is 0 Å². The number of nitrogens with one attached hydrogen (secondary N) is 1. The van der Waals surface area contributed by atoms with Crippen molar-refractivity contribution in [3.05, 3.63) is 34.9 Å². The van der Waals surface area contributed by atoms with E-state index < -0.39 is 11.9 Å². The molecule has 18 heavy (non-hydrogen) atoms. The summed E-state index contributed by atoms with van der Waals surface area (Å²) in [6.45, 7) is 4.87. The number of nitrogens with zero attached hydrogens (tertiary/aromatic N) is 2. The van der Waals surface area contributed by atoms with Crippen LogP contribution in [0.1, 0.15) is 25.4 Å². The molecule has 96 valence electrons. The van der Waals surface area contributed by atoms with Crippen LogP contribution in [0.2, 0.25) is 0 Å². The molecule has 0 fully saturated rings. The molecule has 2 N–H and O–H groups in total. The number of aromatic nitrogens is 2. The summed E-state index contributed by atoms with van der Waals surface area (Å²) in [5, 5.41) is 11.4. The normalized spacial score (nSPS) is 11.7. The maximum atomic E-state index is 11.7. The average molecular weight is 249 g/mol. The second kappa shape index (κ2) is 5.90. The van der Waals surface area contributed by atoms with Crippen molar-refractivity contribution < 1.29 is 14.7 Å². The lowest BCUT2D eigenvalue weighted by atomic mass is 10.1. The van der Waals surface area contributed by atoms with E-state index in [-0.39, 0.29) is 17.7 Å². The molecule has 1 aromatic heterocycles. The lowest BCUT2D eigenvalue weighted by molar-refractivity contribution is -0.133. The maximum absolute atomic E-state index is 11.7. The van der Waals surface area contributed by atoms with Crippen molar-refractivity contribution in [2.45, 2.75) is 27.3 Å². The highest BCUT2D eigenvalue weighted by molar-refractivity contribution is 6.01. The summed E-state index contributed by atoms with van der Waals surface area (Å²) < 4.78 is 0. The molecule has 0 aliphatic rings. The van der Waals surface area contributed by atoms with Crippen molar-refractivity contribution in [2.75, 3.05) is 0 Å². The zero-order valence-electron chi connectivity index (χ0n) is 10.5. The summed E-state index contributed by atoms with van der Waals surface area (Å²) >= 11 is 0. The van der Waals surface area contributed by atoms with Crippen LogP contribution in [-0.2, 0) is 16.1 Å². The fourth-order valence-corrected chi connectivity index (χ4v) is 1.24. The number of carboxylic acid groups (broad SMARTS) is 1. The summed E-state index contributed by atoms with van der Waals surface area (Å²) in [7, 11) is 0. The van der Waals surface area contributed by atoms with Crippen molar-refractivity contribution in [1.29, 1.82) is 0 Å². The van der Waals surface area contributed by atoms with Gasteiger partial charge in [0, 0.05) is 17.3 Å². The van der Waals surface area contributed by atoms with Gasteiger partial charge in [-0.1, -0.05) is 0 Å². The first-order chi connectivity index (χ1) is 8.41. The molecule has 6 heteroatoms. The van der Waals surface area contributed by atoms with E-state index in [9.17, 15) is 9.59 Å². The predicted molar refractivity (Wildman–Crippen MR) is 64.6 cm³/mol. The molecule has 1 amide bonds. The van der Waals surface area contributed by atoms with Crippen molar-refractivity contribution in [2.24, 2.45) is 0 Å². The minimum absolute atomic E-state index is 0.0337. The minimum atomic E-state index is -1.10. The van der Waals surface area contributed by atoms with Gasteiger partial charge in [-0.25, -0.2) is 14.8 Å². The van der Waals surface area contributed by atoms with Gasteiger partial charge in [0.1, 0.15) is 5.82 Å². The number of carboxylic acids is 1. The molecular weight excluding hydrogens is 234 g/mol. The number of carbonyl (C=O) groups excluding carboxylic acids is 1. The molecular formula is C12H15N3O3. The van der Waals surface area contributed by atoms with E-state index in [1.165, 1.54) is 13.8 Å². The molecule has 1 aromatic rings. The van der Waals surface area contributed by atoms with Gasteiger partial charge < -0.3 is 10.4 Å². The predicted octanol–water partition coefficient (Wildman–Crippen LogP) is 0.822. The molecule has 0 bridgehead atoms. The second-order valence-corrected chi connectivity index (χ2v) is 3.83. The Labute approximate surface area is 105 Å². The quantitative estimate of drug-likeness (QED) is 0.771. The van der Waals surface area contributed by atoms with Crippen molar-refractivity contribution in [1.82, 2.24) is 15.3 Å². The molecule has 1 heterocycles. The lowest BCUT2D eigenvalue weighted by Crippen LogP contribution is -2.25. The van der Waals surface area contributed by atoms with Crippen molar-refractivity contribution in [3.63, 3.8) is 0 Å². The van der Waals surface area contributed by atoms with Crippen LogP contribution in [0.3, 0.4) is 0 Å². The second-order valence-electron chi connectivity index (χ2n) is 3.83. The number of amides is 1. The van der Waals surface area contributed by atoms with Gasteiger partial charge in [0.25, 0.3) is 0 Å². The topological polar surface area (TPSA) is 92.2 Å². The van der Waals surface area contributed by atoms with E-state index >= 15 is 0 Å². The van der Waals surface area contributed by atoms with Gasteiger partial charge in [-0.05, 0) is 26.8 Å². The van der Waals surface area contributed by atoms with Gasteiger partial charge in [-0.3, -0.25) is 4.79 Å². The van der Waals surface area contributed by atoms with Gasteiger partial charge in [-0.2, -0.15) is 0 Å². The van der Waals surface area contributed by atoms with Gasteiger partial charge in [0.15, 0.2) is 0 Å². The van der Waals surface area contributed by atoms with Crippen LogP contribution in [0.15, 0.2) is 23.4 Å². The van der Waals surface area contributed by atoms with E-state index in [4.69, 9.17) is 5.11 Å². The Morgan fingerprint density at radius 1 is 1.33 bits per heavy atom. The Morgan fingerprint density at radius 3 is 2.56 bits per heavy atom. The molecule has 0 atom stereocenters. The van der Waals surface area contributed by atoms with Crippen LogP contribution < -0.4 is 5.32 Å². The molecule has 0 aliphatic heterocycles. The molecule has 0 radical (unpaired) electrons. The standard InChI is InChI=1S/C12H15N3O3/c1-7(8(2)12(17)18)11(16)14-6-10-4-5-13-9(3)15-10/h4-5H,6H2,1-3H3,(H,14,16)(H,17,18). The third kappa shape index (κ3) is 3.65. The molecule has 0 saturated heterocycles. The Balaban J connectivity index is 2.67. The minimum Gasteiger partial charge on any atom is -0.478 e. The number of hydrogen-bond donors (Lipinski definition) is 2. The molecule has 0 aliphatic carbocycles. The monoisotopic (exact) mass is 249 g/mol. The zero-order chi connectivity index (χ0) is 13.7. The molecule has 6 nitrogen and oxygen atoms in total. The van der Waals surface area contributed by atoms with Crippen LogP contribution in [0.5, 0.6) is 0 Å². The summed E-state index contributed by atoms with van der Waals surface area (Å²) in [6, 6.07) is 1.69. The maximum Gasteiger partial charge on any atom is 0.331 e. The first-order valence-electron chi connectivity index (χ1n) is 5.39. The van der Waals surface area contributed by atoms with Crippen LogP contribution in [0.25, 0.3) is 0 Å². The van der Waals surface area contributed by atoms with E-state index in [1.54, 1.807) is 19.2 Å². The Bertz CT molecular complexity index is 509. The Kier molecular flexibility index (Phi) is 4.53. The molecule has 1 rings (SSSR count). The fourth-order valence-electron chi connectivity index (χ4n) is 1.24. The molecule has 0 unspecified atom stereocenters. The summed E-state index contributed by atoms with van der Waals surface area (Å²) in [6.07, 6.45) is 1.61. The smallest absolute Gasteiger partial charge is 0.331 e. The number of hydrogen-bond acceptors (Lipinski definition) is 4. The van der Waals surface area contributed by atoms with Gasteiger partial charge >= 0.3 is 5.97 Å². The largest absolute Gasteiger partial charge is 0.478 e. The highest BCUT2D eigenvalue weighted by Gasteiger charge is 2.12. The van der Waals surface area contributed by atoms with Crippen LogP contribution in [-0.4, -0.2) is 27.0 Å². The Hall–Kier alpha value is -2.24. The van der Waals surface area contributed by atoms with Crippen LogP contribution in [0, 0.1) is 6.92 Å². The van der Waals surface area contributed by atoms with E-state index in [1.807, 2.05) is 0 Å². The number of aliphatic carboxylic acids is 1. The Morgan fingerprint density at radius 2 is 2.00 bits per heavy atom. The zero-order valence-corrected chi connectivity index (χ0v) is 10.5. The third-order valence-electron chi connectivity index (χ3n) is 2.49.